The molecule has 2 N–H and O–H groups in total. The highest BCUT2D eigenvalue weighted by Crippen LogP contribution is 2.29. The second-order valence-corrected chi connectivity index (χ2v) is 5.95. The highest BCUT2D eigenvalue weighted by atomic mass is 32.1. The molecule has 7 heteroatoms. The monoisotopic (exact) mass is 303 g/mol. The molecule has 2 heterocycles. The molecule has 1 aliphatic rings. The Bertz CT molecular complexity index is 614. The average molecular weight is 303 g/mol. The second-order valence-electron chi connectivity index (χ2n) is 4.87. The van der Waals surface area contributed by atoms with Crippen molar-refractivity contribution in [1.29, 1.82) is 0 Å². The van der Waals surface area contributed by atoms with Crippen LogP contribution in [0.2, 0.25) is 0 Å². The smallest absolute Gasteiger partial charge is 0.277 e. The molecule has 0 fully saturated rings. The molecular weight excluding hydrogens is 286 g/mol. The summed E-state index contributed by atoms with van der Waals surface area (Å²) in [5.74, 6) is 0.399. The molecule has 0 saturated heterocycles. The molecule has 0 bridgehead atoms. The van der Waals surface area contributed by atoms with E-state index in [9.17, 15) is 4.79 Å². The minimum atomic E-state index is -0.267. The van der Waals surface area contributed by atoms with E-state index in [1.165, 1.54) is 23.9 Å². The molecule has 0 aliphatic heterocycles. The maximum Gasteiger partial charge on any atom is 0.277 e. The molecule has 0 atom stereocenters. The Hall–Kier alpha value is -2.02. The lowest BCUT2D eigenvalue weighted by Gasteiger charge is -2.06. The van der Waals surface area contributed by atoms with Crippen LogP contribution < -0.4 is 10.6 Å². The van der Waals surface area contributed by atoms with E-state index in [0.29, 0.717) is 16.6 Å². The number of amides is 1. The molecule has 1 amide bonds. The fraction of sp³-hybridized carbons (Fsp3) is 0.429. The minimum absolute atomic E-state index is 0.267. The standard InChI is InChI=1S/C14H17N5OS/c1-2-15-12-8-16-10(7-17-12)13(20)19-14-18-9-5-3-4-6-11(9)21-14/h7-8H,2-6H2,1H3,(H,15,17)(H,18,19,20). The largest absolute Gasteiger partial charge is 0.369 e. The van der Waals surface area contributed by atoms with Crippen molar-refractivity contribution in [2.75, 3.05) is 17.2 Å². The van der Waals surface area contributed by atoms with Gasteiger partial charge >= 0.3 is 0 Å². The number of nitrogens with zero attached hydrogens (tertiary/aromatic N) is 3. The molecule has 2 aromatic heterocycles. The molecule has 3 rings (SSSR count). The summed E-state index contributed by atoms with van der Waals surface area (Å²) >= 11 is 1.57. The first-order chi connectivity index (χ1) is 10.3. The summed E-state index contributed by atoms with van der Waals surface area (Å²) in [6, 6.07) is 0. The van der Waals surface area contributed by atoms with Crippen molar-refractivity contribution < 1.29 is 4.79 Å². The number of thiazole rings is 1. The summed E-state index contributed by atoms with van der Waals surface area (Å²) in [5, 5.41) is 6.51. The molecule has 0 radical (unpaired) electrons. The highest BCUT2D eigenvalue weighted by Gasteiger charge is 2.17. The first-order valence-corrected chi connectivity index (χ1v) is 7.93. The van der Waals surface area contributed by atoms with E-state index in [2.05, 4.69) is 25.6 Å². The van der Waals surface area contributed by atoms with E-state index >= 15 is 0 Å². The SMILES string of the molecule is CCNc1cnc(C(=O)Nc2nc3c(s2)CCCC3)cn1. The first kappa shape index (κ1) is 13.9. The Labute approximate surface area is 127 Å². The van der Waals surface area contributed by atoms with Gasteiger partial charge in [-0.05, 0) is 32.6 Å². The normalized spacial score (nSPS) is 13.6. The third kappa shape index (κ3) is 3.18. The predicted molar refractivity (Wildman–Crippen MR) is 82.9 cm³/mol. The zero-order valence-corrected chi connectivity index (χ0v) is 12.7. The van der Waals surface area contributed by atoms with Crippen LogP contribution in [0.3, 0.4) is 0 Å². The number of fused-ring (bicyclic) bond motifs is 1. The van der Waals surface area contributed by atoms with Gasteiger partial charge in [-0.15, -0.1) is 11.3 Å². The zero-order valence-electron chi connectivity index (χ0n) is 11.8. The summed E-state index contributed by atoms with van der Waals surface area (Å²) in [4.78, 5) is 26.2. The van der Waals surface area contributed by atoms with E-state index in [1.807, 2.05) is 6.92 Å². The van der Waals surface area contributed by atoms with Gasteiger partial charge in [-0.3, -0.25) is 10.1 Å². The van der Waals surface area contributed by atoms with Crippen LogP contribution in [0.25, 0.3) is 0 Å². The summed E-state index contributed by atoms with van der Waals surface area (Å²) in [5.41, 5.74) is 1.43. The summed E-state index contributed by atoms with van der Waals surface area (Å²) < 4.78 is 0. The van der Waals surface area contributed by atoms with Gasteiger partial charge in [0.25, 0.3) is 5.91 Å². The fourth-order valence-corrected chi connectivity index (χ4v) is 3.33. The van der Waals surface area contributed by atoms with Crippen molar-refractivity contribution in [2.24, 2.45) is 0 Å². The van der Waals surface area contributed by atoms with Gasteiger partial charge in [-0.1, -0.05) is 0 Å². The Balaban J connectivity index is 1.69. The van der Waals surface area contributed by atoms with Crippen LogP contribution in [0.4, 0.5) is 10.9 Å². The lowest BCUT2D eigenvalue weighted by molar-refractivity contribution is 0.102. The summed E-state index contributed by atoms with van der Waals surface area (Å²) in [7, 11) is 0. The van der Waals surface area contributed by atoms with Crippen LogP contribution in [0.1, 0.15) is 40.8 Å². The van der Waals surface area contributed by atoms with Gasteiger partial charge in [0.05, 0.1) is 18.1 Å². The molecule has 21 heavy (non-hydrogen) atoms. The van der Waals surface area contributed by atoms with Crippen molar-refractivity contribution in [3.05, 3.63) is 28.7 Å². The first-order valence-electron chi connectivity index (χ1n) is 7.12. The van der Waals surface area contributed by atoms with Gasteiger partial charge in [0.2, 0.25) is 0 Å². The van der Waals surface area contributed by atoms with Crippen LogP contribution in [-0.4, -0.2) is 27.4 Å². The molecule has 0 aromatic carbocycles. The Morgan fingerprint density at radius 1 is 1.29 bits per heavy atom. The molecule has 6 nitrogen and oxygen atoms in total. The minimum Gasteiger partial charge on any atom is -0.369 e. The second kappa shape index (κ2) is 6.17. The highest BCUT2D eigenvalue weighted by molar-refractivity contribution is 7.15. The van der Waals surface area contributed by atoms with Crippen molar-refractivity contribution in [3.8, 4) is 0 Å². The molecule has 110 valence electrons. The fourth-order valence-electron chi connectivity index (χ4n) is 2.28. The topological polar surface area (TPSA) is 79.8 Å². The van der Waals surface area contributed by atoms with Crippen LogP contribution >= 0.6 is 11.3 Å². The number of rotatable bonds is 4. The quantitative estimate of drug-likeness (QED) is 0.907. The number of aromatic nitrogens is 3. The van der Waals surface area contributed by atoms with E-state index in [1.54, 1.807) is 17.5 Å². The average Bonchev–Trinajstić information content (AvgIpc) is 2.90. The lowest BCUT2D eigenvalue weighted by Crippen LogP contribution is -2.14. The lowest BCUT2D eigenvalue weighted by atomic mass is 10.0. The van der Waals surface area contributed by atoms with Gasteiger partial charge in [0, 0.05) is 11.4 Å². The maximum absolute atomic E-state index is 12.1. The molecule has 0 unspecified atom stereocenters. The number of hydrogen-bond donors (Lipinski definition) is 2. The Kier molecular flexibility index (Phi) is 4.10. The maximum atomic E-state index is 12.1. The Morgan fingerprint density at radius 2 is 2.14 bits per heavy atom. The molecular formula is C14H17N5OS. The van der Waals surface area contributed by atoms with Crippen molar-refractivity contribution >= 4 is 28.2 Å². The number of carbonyl (C=O) groups excluding carboxylic acids is 1. The van der Waals surface area contributed by atoms with Gasteiger partial charge in [-0.2, -0.15) is 0 Å². The van der Waals surface area contributed by atoms with Crippen molar-refractivity contribution in [2.45, 2.75) is 32.6 Å². The van der Waals surface area contributed by atoms with Crippen molar-refractivity contribution in [3.63, 3.8) is 0 Å². The molecule has 2 aromatic rings. The van der Waals surface area contributed by atoms with Crippen LogP contribution in [-0.2, 0) is 12.8 Å². The van der Waals surface area contributed by atoms with Gasteiger partial charge in [0.15, 0.2) is 5.13 Å². The number of aryl methyl sites for hydroxylation is 2. The number of carbonyl (C=O) groups is 1. The summed E-state index contributed by atoms with van der Waals surface area (Å²) in [6.07, 6.45) is 7.51. The number of nitrogens with one attached hydrogen (secondary N) is 2. The van der Waals surface area contributed by atoms with E-state index < -0.39 is 0 Å². The molecule has 0 spiro atoms. The molecule has 1 aliphatic carbocycles. The van der Waals surface area contributed by atoms with E-state index in [-0.39, 0.29) is 5.91 Å². The summed E-state index contributed by atoms with van der Waals surface area (Å²) in [6.45, 7) is 2.75. The zero-order chi connectivity index (χ0) is 14.7. The van der Waals surface area contributed by atoms with Crippen LogP contribution in [0, 0.1) is 0 Å². The molecule has 0 saturated carbocycles. The third-order valence-electron chi connectivity index (χ3n) is 3.31. The van der Waals surface area contributed by atoms with E-state index in [0.717, 1.165) is 25.1 Å². The van der Waals surface area contributed by atoms with Gasteiger partial charge in [-0.25, -0.2) is 15.0 Å². The Morgan fingerprint density at radius 3 is 2.86 bits per heavy atom. The number of hydrogen-bond acceptors (Lipinski definition) is 6. The predicted octanol–water partition coefficient (Wildman–Crippen LogP) is 2.50. The van der Waals surface area contributed by atoms with Crippen LogP contribution in [0.5, 0.6) is 0 Å². The number of anilines is 2. The third-order valence-corrected chi connectivity index (χ3v) is 4.38. The van der Waals surface area contributed by atoms with E-state index in [4.69, 9.17) is 0 Å². The van der Waals surface area contributed by atoms with Crippen LogP contribution in [0.15, 0.2) is 12.4 Å². The van der Waals surface area contributed by atoms with Gasteiger partial charge in [0.1, 0.15) is 11.5 Å². The van der Waals surface area contributed by atoms with Gasteiger partial charge < -0.3 is 5.32 Å². The van der Waals surface area contributed by atoms with Crippen molar-refractivity contribution in [1.82, 2.24) is 15.0 Å².